The number of halogens is 1. The van der Waals surface area contributed by atoms with Gasteiger partial charge >= 0.3 is 0 Å². The van der Waals surface area contributed by atoms with Crippen LogP contribution in [0.25, 0.3) is 10.4 Å². The maximum atomic E-state index is 14.9. The van der Waals surface area contributed by atoms with Crippen molar-refractivity contribution in [2.75, 3.05) is 31.7 Å². The summed E-state index contributed by atoms with van der Waals surface area (Å²) in [5.74, 6) is -1.31. The summed E-state index contributed by atoms with van der Waals surface area (Å²) < 4.78 is 20.2. The maximum Gasteiger partial charge on any atom is 0.273 e. The number of thiophene rings is 1. The van der Waals surface area contributed by atoms with Crippen LogP contribution < -0.4 is 11.1 Å². The van der Waals surface area contributed by atoms with Gasteiger partial charge in [0.25, 0.3) is 11.8 Å². The largest absolute Gasteiger partial charge is 0.394 e. The minimum atomic E-state index is -1.20. The summed E-state index contributed by atoms with van der Waals surface area (Å²) in [4.78, 5) is 31.5. The van der Waals surface area contributed by atoms with Gasteiger partial charge in [-0.1, -0.05) is 18.2 Å². The molecule has 0 radical (unpaired) electrons. The third kappa shape index (κ3) is 5.39. The maximum absolute atomic E-state index is 14.9. The number of ether oxygens (including phenoxy) is 1. The monoisotopic (exact) mass is 514 g/mol. The number of nitrogens with two attached hydrogens (primary N) is 1. The van der Waals surface area contributed by atoms with E-state index < -0.39 is 23.4 Å². The van der Waals surface area contributed by atoms with Crippen LogP contribution in [0.1, 0.15) is 40.3 Å². The molecule has 11 heteroatoms. The smallest absolute Gasteiger partial charge is 0.273 e. The number of benzene rings is 1. The van der Waals surface area contributed by atoms with Crippen LogP contribution in [0.4, 0.5) is 15.2 Å². The second-order valence-corrected chi connectivity index (χ2v) is 9.97. The number of aliphatic hydroxyl groups excluding tert-OH is 1. The van der Waals surface area contributed by atoms with Gasteiger partial charge in [-0.25, -0.2) is 9.37 Å². The number of nitrogens with one attached hydrogen (secondary N) is 1. The van der Waals surface area contributed by atoms with E-state index in [1.807, 2.05) is 0 Å². The number of morpholine rings is 1. The number of nitrogens with zero attached hydrogens (tertiary/aromatic N) is 2. The van der Waals surface area contributed by atoms with Crippen molar-refractivity contribution < 1.29 is 28.9 Å². The van der Waals surface area contributed by atoms with Crippen LogP contribution in [0, 0.1) is 5.82 Å². The zero-order valence-corrected chi connectivity index (χ0v) is 20.6. The molecule has 4 rings (SSSR count). The van der Waals surface area contributed by atoms with Crippen molar-refractivity contribution in [3.8, 4) is 10.4 Å². The van der Waals surface area contributed by atoms with Crippen molar-refractivity contribution in [2.24, 2.45) is 5.73 Å². The molecule has 5 N–H and O–H groups in total. The summed E-state index contributed by atoms with van der Waals surface area (Å²) >= 11 is 1.11. The first-order chi connectivity index (χ1) is 17.1. The topological polar surface area (TPSA) is 138 Å². The fraction of sp³-hybridized carbons (Fsp3) is 0.320. The van der Waals surface area contributed by atoms with E-state index in [-0.39, 0.29) is 35.9 Å². The van der Waals surface area contributed by atoms with E-state index in [1.54, 1.807) is 44.2 Å². The molecule has 36 heavy (non-hydrogen) atoms. The van der Waals surface area contributed by atoms with Crippen molar-refractivity contribution in [3.63, 3.8) is 0 Å². The lowest BCUT2D eigenvalue weighted by atomic mass is 9.96. The molecule has 0 aliphatic carbocycles. The number of aromatic nitrogens is 1. The second-order valence-electron chi connectivity index (χ2n) is 8.91. The number of anilines is 2. The molecule has 3 heterocycles. The van der Waals surface area contributed by atoms with Gasteiger partial charge in [0.15, 0.2) is 0 Å². The highest BCUT2D eigenvalue weighted by molar-refractivity contribution is 7.20. The van der Waals surface area contributed by atoms with Crippen LogP contribution in [-0.4, -0.2) is 64.3 Å². The number of rotatable bonds is 7. The number of pyridine rings is 1. The van der Waals surface area contributed by atoms with Gasteiger partial charge in [-0.2, -0.15) is 0 Å². The Balaban J connectivity index is 1.62. The fourth-order valence-electron chi connectivity index (χ4n) is 3.86. The number of primary amides is 1. The molecule has 2 aromatic heterocycles. The van der Waals surface area contributed by atoms with Gasteiger partial charge in [-0.3, -0.25) is 9.59 Å². The number of hydrogen-bond donors (Lipinski definition) is 4. The van der Waals surface area contributed by atoms with Crippen LogP contribution in [0.2, 0.25) is 0 Å². The lowest BCUT2D eigenvalue weighted by Crippen LogP contribution is -2.50. The molecular formula is C25H27FN4O5S. The van der Waals surface area contributed by atoms with Crippen molar-refractivity contribution >= 4 is 34.0 Å². The third-order valence-electron chi connectivity index (χ3n) is 5.85. The Morgan fingerprint density at radius 1 is 1.31 bits per heavy atom. The molecule has 1 fully saturated rings. The number of hydrogen-bond acceptors (Lipinski definition) is 8. The first-order valence-electron chi connectivity index (χ1n) is 11.3. The van der Waals surface area contributed by atoms with Crippen LogP contribution in [0.15, 0.2) is 42.5 Å². The van der Waals surface area contributed by atoms with Crippen molar-refractivity contribution in [3.05, 3.63) is 65.1 Å². The van der Waals surface area contributed by atoms with Gasteiger partial charge in [0.05, 0.1) is 37.0 Å². The third-order valence-corrected chi connectivity index (χ3v) is 6.93. The Kier molecular flexibility index (Phi) is 7.36. The number of carbonyl (C=O) groups is 2. The highest BCUT2D eigenvalue weighted by Gasteiger charge is 2.28. The quantitative estimate of drug-likeness (QED) is 0.380. The molecule has 0 spiro atoms. The van der Waals surface area contributed by atoms with Gasteiger partial charge in [0.1, 0.15) is 22.3 Å². The standard InChI is InChI=1S/C25H27FN4O5S/c1-25(2,34)14-6-7-16(18(26)10-14)20-11-17(22(27)32)23(36-20)29-21-5-3-4-19(28-21)24(33)30-8-9-35-13-15(30)12-31/h3-7,10-11,15,31,34H,8-9,12-13H2,1-2H3,(H2,27,32)(H,28,29). The van der Waals surface area contributed by atoms with Crippen molar-refractivity contribution in [1.29, 1.82) is 0 Å². The number of carbonyl (C=O) groups excluding carboxylic acids is 2. The molecule has 1 aliphatic heterocycles. The lowest BCUT2D eigenvalue weighted by molar-refractivity contribution is -0.0186. The van der Waals surface area contributed by atoms with E-state index in [9.17, 15) is 24.2 Å². The van der Waals surface area contributed by atoms with Gasteiger partial charge in [0.2, 0.25) is 0 Å². The molecule has 2 amide bonds. The first-order valence-corrected chi connectivity index (χ1v) is 12.1. The second kappa shape index (κ2) is 10.3. The van der Waals surface area contributed by atoms with E-state index in [0.717, 1.165) is 11.3 Å². The predicted molar refractivity (Wildman–Crippen MR) is 134 cm³/mol. The number of amides is 2. The fourth-order valence-corrected chi connectivity index (χ4v) is 4.95. The molecule has 1 aliphatic rings. The molecule has 0 bridgehead atoms. The Labute approximate surface area is 211 Å². The summed E-state index contributed by atoms with van der Waals surface area (Å²) in [6.45, 7) is 3.85. The van der Waals surface area contributed by atoms with Gasteiger partial charge in [-0.15, -0.1) is 11.3 Å². The summed E-state index contributed by atoms with van der Waals surface area (Å²) in [7, 11) is 0. The Morgan fingerprint density at radius 3 is 2.75 bits per heavy atom. The summed E-state index contributed by atoms with van der Waals surface area (Å²) in [5.41, 5.74) is 5.34. The summed E-state index contributed by atoms with van der Waals surface area (Å²) in [6, 6.07) is 10.3. The van der Waals surface area contributed by atoms with Crippen LogP contribution in [0.5, 0.6) is 0 Å². The molecule has 190 valence electrons. The average Bonchev–Trinajstić information content (AvgIpc) is 3.26. The molecule has 1 aromatic carbocycles. The summed E-state index contributed by atoms with van der Waals surface area (Å²) in [5, 5.41) is 23.1. The highest BCUT2D eigenvalue weighted by Crippen LogP contribution is 2.38. The summed E-state index contributed by atoms with van der Waals surface area (Å²) in [6.07, 6.45) is 0. The van der Waals surface area contributed by atoms with Gasteiger partial charge < -0.3 is 30.9 Å². The minimum absolute atomic E-state index is 0.146. The minimum Gasteiger partial charge on any atom is -0.394 e. The zero-order chi connectivity index (χ0) is 26.0. The van der Waals surface area contributed by atoms with Crippen molar-refractivity contribution in [1.82, 2.24) is 9.88 Å². The van der Waals surface area contributed by atoms with Gasteiger partial charge in [-0.05, 0) is 43.7 Å². The Hall–Kier alpha value is -3.38. The lowest BCUT2D eigenvalue weighted by Gasteiger charge is -2.34. The van der Waals surface area contributed by atoms with E-state index in [4.69, 9.17) is 10.5 Å². The molecule has 1 unspecified atom stereocenters. The molecule has 3 aromatic rings. The Morgan fingerprint density at radius 2 is 2.08 bits per heavy atom. The molecule has 0 saturated carbocycles. The van der Waals surface area contributed by atoms with E-state index in [0.29, 0.717) is 34.4 Å². The molecular weight excluding hydrogens is 487 g/mol. The molecule has 1 atom stereocenters. The van der Waals surface area contributed by atoms with Crippen LogP contribution in [0.3, 0.4) is 0 Å². The highest BCUT2D eigenvalue weighted by atomic mass is 32.1. The van der Waals surface area contributed by atoms with Crippen LogP contribution >= 0.6 is 11.3 Å². The normalized spacial score (nSPS) is 16.1. The zero-order valence-electron chi connectivity index (χ0n) is 19.8. The van der Waals surface area contributed by atoms with E-state index in [2.05, 4.69) is 10.3 Å². The van der Waals surface area contributed by atoms with E-state index in [1.165, 1.54) is 17.0 Å². The predicted octanol–water partition coefficient (Wildman–Crippen LogP) is 2.85. The van der Waals surface area contributed by atoms with Crippen molar-refractivity contribution in [2.45, 2.75) is 25.5 Å². The average molecular weight is 515 g/mol. The van der Waals surface area contributed by atoms with E-state index >= 15 is 0 Å². The first kappa shape index (κ1) is 25.7. The van der Waals surface area contributed by atoms with Crippen LogP contribution in [-0.2, 0) is 10.3 Å². The SMILES string of the molecule is CC(C)(O)c1ccc(-c2cc(C(N)=O)c(Nc3cccc(C(=O)N4CCOCC4CO)n3)s2)c(F)c1. The Bertz CT molecular complexity index is 1290. The number of aliphatic hydroxyl groups is 2. The molecule has 9 nitrogen and oxygen atoms in total. The molecule has 1 saturated heterocycles. The van der Waals surface area contributed by atoms with Gasteiger partial charge in [0, 0.05) is 17.0 Å².